The number of rotatable bonds is 2. The van der Waals surface area contributed by atoms with Gasteiger partial charge in [-0.2, -0.15) is 0 Å². The molecule has 0 aromatic heterocycles. The van der Waals surface area contributed by atoms with Gasteiger partial charge in [-0.3, -0.25) is 4.79 Å². The Morgan fingerprint density at radius 3 is 2.58 bits per heavy atom. The van der Waals surface area contributed by atoms with Crippen molar-refractivity contribution in [1.29, 1.82) is 0 Å². The van der Waals surface area contributed by atoms with Gasteiger partial charge in [0.25, 0.3) is 5.91 Å². The van der Waals surface area contributed by atoms with E-state index >= 15 is 0 Å². The van der Waals surface area contributed by atoms with Crippen LogP contribution < -0.4 is 11.1 Å². The maximum atomic E-state index is 12.2. The number of halogens is 2. The van der Waals surface area contributed by atoms with E-state index in [9.17, 15) is 4.79 Å². The molecule has 0 bridgehead atoms. The molecular formula is C14H12Br2N2O. The molecule has 2 rings (SSSR count). The van der Waals surface area contributed by atoms with E-state index in [2.05, 4.69) is 37.2 Å². The number of anilines is 2. The molecule has 0 spiro atoms. The third-order valence-electron chi connectivity index (χ3n) is 2.54. The van der Waals surface area contributed by atoms with Crippen LogP contribution in [0.1, 0.15) is 15.9 Å². The van der Waals surface area contributed by atoms with Crippen LogP contribution in [0.4, 0.5) is 11.4 Å². The predicted octanol–water partition coefficient (Wildman–Crippen LogP) is 4.35. The number of carbonyl (C=O) groups is 1. The van der Waals surface area contributed by atoms with E-state index in [4.69, 9.17) is 5.73 Å². The number of hydrogen-bond donors (Lipinski definition) is 2. The van der Waals surface area contributed by atoms with E-state index in [-0.39, 0.29) is 5.91 Å². The minimum atomic E-state index is -0.171. The van der Waals surface area contributed by atoms with Crippen LogP contribution in [0.5, 0.6) is 0 Å². The lowest BCUT2D eigenvalue weighted by Gasteiger charge is -2.09. The topological polar surface area (TPSA) is 55.1 Å². The lowest BCUT2D eigenvalue weighted by atomic mass is 10.1. The first kappa shape index (κ1) is 14.1. The fourth-order valence-corrected chi connectivity index (χ4v) is 2.65. The van der Waals surface area contributed by atoms with Gasteiger partial charge in [-0.15, -0.1) is 0 Å². The summed E-state index contributed by atoms with van der Waals surface area (Å²) in [4.78, 5) is 12.2. The van der Waals surface area contributed by atoms with Gasteiger partial charge in [0.2, 0.25) is 0 Å². The molecule has 0 saturated heterocycles. The molecule has 0 heterocycles. The molecule has 0 aliphatic carbocycles. The van der Waals surface area contributed by atoms with Gasteiger partial charge < -0.3 is 11.1 Å². The molecule has 98 valence electrons. The number of amides is 1. The second-order valence-corrected chi connectivity index (χ2v) is 5.98. The van der Waals surface area contributed by atoms with Crippen LogP contribution in [0.3, 0.4) is 0 Å². The van der Waals surface area contributed by atoms with Crippen LogP contribution in [-0.4, -0.2) is 5.91 Å². The maximum Gasteiger partial charge on any atom is 0.255 e. The summed E-state index contributed by atoms with van der Waals surface area (Å²) >= 11 is 6.76. The minimum Gasteiger partial charge on any atom is -0.399 e. The molecular weight excluding hydrogens is 372 g/mol. The van der Waals surface area contributed by atoms with Crippen molar-refractivity contribution >= 4 is 49.1 Å². The first-order valence-corrected chi connectivity index (χ1v) is 7.18. The summed E-state index contributed by atoms with van der Waals surface area (Å²) < 4.78 is 1.67. The van der Waals surface area contributed by atoms with Crippen LogP contribution >= 0.6 is 31.9 Å². The number of benzene rings is 2. The summed E-state index contributed by atoms with van der Waals surface area (Å²) in [6.07, 6.45) is 0. The van der Waals surface area contributed by atoms with Crippen molar-refractivity contribution in [1.82, 2.24) is 0 Å². The average Bonchev–Trinajstić information content (AvgIpc) is 2.32. The number of nitrogens with two attached hydrogens (primary N) is 1. The molecule has 0 fully saturated rings. The number of hydrogen-bond acceptors (Lipinski definition) is 2. The quantitative estimate of drug-likeness (QED) is 0.757. The lowest BCUT2D eigenvalue weighted by Crippen LogP contribution is -2.12. The molecule has 0 aliphatic rings. The van der Waals surface area contributed by atoms with E-state index in [1.54, 1.807) is 24.3 Å². The van der Waals surface area contributed by atoms with Crippen LogP contribution in [0, 0.1) is 6.92 Å². The van der Waals surface area contributed by atoms with Crippen molar-refractivity contribution in [3.8, 4) is 0 Å². The van der Waals surface area contributed by atoms with E-state index in [1.165, 1.54) is 0 Å². The predicted molar refractivity (Wildman–Crippen MR) is 85.4 cm³/mol. The van der Waals surface area contributed by atoms with Gasteiger partial charge in [0.05, 0.1) is 5.69 Å². The zero-order valence-corrected chi connectivity index (χ0v) is 13.4. The highest BCUT2D eigenvalue weighted by Gasteiger charge is 2.09. The smallest absolute Gasteiger partial charge is 0.255 e. The molecule has 3 nitrogen and oxygen atoms in total. The van der Waals surface area contributed by atoms with Crippen molar-refractivity contribution in [3.63, 3.8) is 0 Å². The number of nitrogen functional groups attached to an aromatic ring is 1. The average molecular weight is 384 g/mol. The third kappa shape index (κ3) is 3.58. The maximum absolute atomic E-state index is 12.2. The van der Waals surface area contributed by atoms with Crippen LogP contribution in [0.15, 0.2) is 45.3 Å². The Balaban J connectivity index is 2.28. The van der Waals surface area contributed by atoms with Crippen molar-refractivity contribution in [2.24, 2.45) is 0 Å². The molecule has 5 heteroatoms. The number of nitrogens with one attached hydrogen (secondary N) is 1. The molecule has 19 heavy (non-hydrogen) atoms. The largest absolute Gasteiger partial charge is 0.399 e. The first-order valence-electron chi connectivity index (χ1n) is 5.59. The summed E-state index contributed by atoms with van der Waals surface area (Å²) in [6, 6.07) is 10.9. The molecule has 1 amide bonds. The Bertz CT molecular complexity index is 621. The van der Waals surface area contributed by atoms with Gasteiger partial charge in [0.15, 0.2) is 0 Å². The van der Waals surface area contributed by atoms with Crippen LogP contribution in [-0.2, 0) is 0 Å². The Labute approximate surface area is 128 Å². The number of carbonyl (C=O) groups excluding carboxylic acids is 1. The summed E-state index contributed by atoms with van der Waals surface area (Å²) in [6.45, 7) is 1.94. The van der Waals surface area contributed by atoms with Gasteiger partial charge in [0, 0.05) is 20.2 Å². The summed E-state index contributed by atoms with van der Waals surface area (Å²) in [5.41, 5.74) is 8.58. The molecule has 0 unspecified atom stereocenters. The second kappa shape index (κ2) is 5.75. The van der Waals surface area contributed by atoms with Crippen molar-refractivity contribution in [2.75, 3.05) is 11.1 Å². The molecule has 2 aromatic rings. The third-order valence-corrected chi connectivity index (χ3v) is 3.69. The minimum absolute atomic E-state index is 0.171. The monoisotopic (exact) mass is 382 g/mol. The Morgan fingerprint density at radius 2 is 1.89 bits per heavy atom. The van der Waals surface area contributed by atoms with Gasteiger partial charge in [-0.05, 0) is 64.8 Å². The fourth-order valence-electron chi connectivity index (χ4n) is 1.70. The zero-order valence-electron chi connectivity index (χ0n) is 10.2. The lowest BCUT2D eigenvalue weighted by molar-refractivity contribution is 0.102. The van der Waals surface area contributed by atoms with Crippen molar-refractivity contribution in [2.45, 2.75) is 6.92 Å². The van der Waals surface area contributed by atoms with Gasteiger partial charge in [-0.1, -0.05) is 15.9 Å². The summed E-state index contributed by atoms with van der Waals surface area (Å²) in [5, 5.41) is 2.84. The van der Waals surface area contributed by atoms with Gasteiger partial charge in [0.1, 0.15) is 0 Å². The van der Waals surface area contributed by atoms with Crippen LogP contribution in [0.2, 0.25) is 0 Å². The van der Waals surface area contributed by atoms with Crippen LogP contribution in [0.25, 0.3) is 0 Å². The van der Waals surface area contributed by atoms with E-state index in [1.807, 2.05) is 19.1 Å². The van der Waals surface area contributed by atoms with E-state index in [0.29, 0.717) is 16.9 Å². The summed E-state index contributed by atoms with van der Waals surface area (Å²) in [7, 11) is 0. The normalized spacial score (nSPS) is 10.3. The van der Waals surface area contributed by atoms with Crippen molar-refractivity contribution < 1.29 is 4.79 Å². The van der Waals surface area contributed by atoms with Gasteiger partial charge >= 0.3 is 0 Å². The summed E-state index contributed by atoms with van der Waals surface area (Å²) in [5.74, 6) is -0.171. The van der Waals surface area contributed by atoms with E-state index in [0.717, 1.165) is 14.5 Å². The van der Waals surface area contributed by atoms with E-state index < -0.39 is 0 Å². The molecule has 3 N–H and O–H groups in total. The highest BCUT2D eigenvalue weighted by Crippen LogP contribution is 2.25. The molecule has 0 radical (unpaired) electrons. The Kier molecular flexibility index (Phi) is 4.27. The Hall–Kier alpha value is -1.33. The fraction of sp³-hybridized carbons (Fsp3) is 0.0714. The molecule has 0 saturated carbocycles. The molecule has 2 aromatic carbocycles. The van der Waals surface area contributed by atoms with Crippen molar-refractivity contribution in [3.05, 3.63) is 56.5 Å². The highest BCUT2D eigenvalue weighted by atomic mass is 79.9. The zero-order chi connectivity index (χ0) is 14.0. The molecule has 0 atom stereocenters. The molecule has 0 aliphatic heterocycles. The second-order valence-electron chi connectivity index (χ2n) is 4.21. The van der Waals surface area contributed by atoms with Gasteiger partial charge in [-0.25, -0.2) is 0 Å². The Morgan fingerprint density at radius 1 is 1.16 bits per heavy atom. The SMILES string of the molecule is Cc1cc(Br)cc(C(=O)Nc2cc(N)ccc2Br)c1. The number of aryl methyl sites for hydroxylation is 1. The standard InChI is InChI=1S/C14H12Br2N2O/c1-8-4-9(6-10(15)5-8)14(19)18-13-7-11(17)2-3-12(13)16/h2-7H,17H2,1H3,(H,18,19). The highest BCUT2D eigenvalue weighted by molar-refractivity contribution is 9.10. The first-order chi connectivity index (χ1) is 8.95.